The molecule has 1 fully saturated rings. The number of amides is 1. The fraction of sp³-hybridized carbons (Fsp3) is 0.500. The molecule has 3 rings (SSSR count). The van der Waals surface area contributed by atoms with Crippen LogP contribution >= 0.6 is 24.8 Å². The molecule has 3 N–H and O–H groups in total. The average Bonchev–Trinajstić information content (AvgIpc) is 3.28. The Hall–Kier alpha value is -1.56. The van der Waals surface area contributed by atoms with Gasteiger partial charge in [-0.3, -0.25) is 4.79 Å². The predicted molar refractivity (Wildman–Crippen MR) is 114 cm³/mol. The predicted octanol–water partition coefficient (Wildman–Crippen LogP) is 3.34. The Morgan fingerprint density at radius 3 is 2.59 bits per heavy atom. The lowest BCUT2D eigenvalue weighted by atomic mass is 9.99. The van der Waals surface area contributed by atoms with Crippen molar-refractivity contribution in [2.24, 2.45) is 11.7 Å². The van der Waals surface area contributed by atoms with Crippen molar-refractivity contribution in [1.29, 1.82) is 0 Å². The monoisotopic (exact) mass is 412 g/mol. The number of carbonyl (C=O) groups is 1. The van der Waals surface area contributed by atoms with Gasteiger partial charge in [-0.15, -0.1) is 24.8 Å². The molecule has 0 aliphatic heterocycles. The first-order valence-corrected chi connectivity index (χ1v) is 9.22. The van der Waals surface area contributed by atoms with E-state index in [0.717, 1.165) is 12.2 Å². The van der Waals surface area contributed by atoms with Crippen LogP contribution in [0.25, 0.3) is 0 Å². The summed E-state index contributed by atoms with van der Waals surface area (Å²) < 4.78 is 2.02. The first-order chi connectivity index (χ1) is 12.1. The number of rotatable bonds is 7. The van der Waals surface area contributed by atoms with E-state index in [9.17, 15) is 4.79 Å². The van der Waals surface area contributed by atoms with Crippen molar-refractivity contribution in [2.45, 2.75) is 57.7 Å². The largest absolute Gasteiger partial charge is 0.352 e. The molecule has 1 heterocycles. The molecule has 1 unspecified atom stereocenters. The summed E-state index contributed by atoms with van der Waals surface area (Å²) in [6.45, 7) is 2.86. The van der Waals surface area contributed by atoms with Crippen LogP contribution < -0.4 is 11.1 Å². The third kappa shape index (κ3) is 6.83. The Morgan fingerprint density at radius 1 is 1.26 bits per heavy atom. The number of nitrogens with zero attached hydrogens (tertiary/aromatic N) is 2. The first kappa shape index (κ1) is 23.5. The zero-order valence-corrected chi connectivity index (χ0v) is 17.3. The fourth-order valence-electron chi connectivity index (χ4n) is 3.62. The lowest BCUT2D eigenvalue weighted by molar-refractivity contribution is -0.123. The standard InChI is InChI=1S/C20H28N4O.2ClH/c1-15(17-9-5-6-10-17)23-20(25)19(21)11-18-13-24(14-22-18)12-16-7-3-2-4-8-16;;/h2-4,7-8,13-15,17,19H,5-6,9-12,21H2,1H3,(H,23,25);2*1H/t15?,19-;;/m0../s1. The third-order valence-corrected chi connectivity index (χ3v) is 5.14. The molecule has 5 nitrogen and oxygen atoms in total. The van der Waals surface area contributed by atoms with Gasteiger partial charge >= 0.3 is 0 Å². The van der Waals surface area contributed by atoms with Gasteiger partial charge in [-0.05, 0) is 31.2 Å². The number of nitrogens with two attached hydrogens (primary N) is 1. The van der Waals surface area contributed by atoms with Gasteiger partial charge in [0.1, 0.15) is 0 Å². The molecule has 1 amide bonds. The average molecular weight is 413 g/mol. The maximum atomic E-state index is 12.3. The van der Waals surface area contributed by atoms with Gasteiger partial charge in [-0.2, -0.15) is 0 Å². The van der Waals surface area contributed by atoms with Crippen molar-refractivity contribution in [3.63, 3.8) is 0 Å². The number of halogens is 2. The molecule has 150 valence electrons. The summed E-state index contributed by atoms with van der Waals surface area (Å²) in [5.74, 6) is 0.526. The van der Waals surface area contributed by atoms with Crippen LogP contribution in [0.15, 0.2) is 42.9 Å². The summed E-state index contributed by atoms with van der Waals surface area (Å²) in [6.07, 6.45) is 9.20. The highest BCUT2D eigenvalue weighted by atomic mass is 35.5. The molecule has 2 aromatic rings. The third-order valence-electron chi connectivity index (χ3n) is 5.14. The van der Waals surface area contributed by atoms with Crippen molar-refractivity contribution >= 4 is 30.7 Å². The van der Waals surface area contributed by atoms with E-state index in [1.165, 1.54) is 31.2 Å². The molecule has 2 atom stereocenters. The van der Waals surface area contributed by atoms with Gasteiger partial charge in [0.2, 0.25) is 5.91 Å². The van der Waals surface area contributed by atoms with E-state index in [1.807, 2.05) is 29.0 Å². The van der Waals surface area contributed by atoms with Crippen molar-refractivity contribution in [1.82, 2.24) is 14.9 Å². The van der Waals surface area contributed by atoms with E-state index in [1.54, 1.807) is 6.33 Å². The molecule has 0 spiro atoms. The van der Waals surface area contributed by atoms with Crippen LogP contribution in [0.1, 0.15) is 43.9 Å². The van der Waals surface area contributed by atoms with Crippen molar-refractivity contribution in [3.8, 4) is 0 Å². The number of aromatic nitrogens is 2. The van der Waals surface area contributed by atoms with Crippen LogP contribution in [0.3, 0.4) is 0 Å². The molecule has 1 aromatic heterocycles. The van der Waals surface area contributed by atoms with E-state index < -0.39 is 6.04 Å². The number of benzene rings is 1. The van der Waals surface area contributed by atoms with Crippen molar-refractivity contribution < 1.29 is 4.79 Å². The molecule has 0 radical (unpaired) electrons. The lowest BCUT2D eigenvalue weighted by Gasteiger charge is -2.22. The van der Waals surface area contributed by atoms with Gasteiger partial charge in [0.05, 0.1) is 18.1 Å². The van der Waals surface area contributed by atoms with E-state index in [2.05, 4.69) is 29.4 Å². The zero-order valence-electron chi connectivity index (χ0n) is 15.7. The summed E-state index contributed by atoms with van der Waals surface area (Å²) in [4.78, 5) is 16.7. The molecule has 1 aromatic carbocycles. The number of imidazole rings is 1. The van der Waals surface area contributed by atoms with E-state index >= 15 is 0 Å². The van der Waals surface area contributed by atoms with Gasteiger partial charge in [-0.1, -0.05) is 43.2 Å². The highest BCUT2D eigenvalue weighted by Gasteiger charge is 2.25. The van der Waals surface area contributed by atoms with Gasteiger partial charge in [0.25, 0.3) is 0 Å². The second-order valence-corrected chi connectivity index (χ2v) is 7.18. The molecule has 1 aliphatic carbocycles. The molecular weight excluding hydrogens is 383 g/mol. The summed E-state index contributed by atoms with van der Waals surface area (Å²) in [5.41, 5.74) is 8.17. The molecule has 0 saturated heterocycles. The van der Waals surface area contributed by atoms with E-state index in [4.69, 9.17) is 5.73 Å². The Morgan fingerprint density at radius 2 is 1.93 bits per heavy atom. The lowest BCUT2D eigenvalue weighted by Crippen LogP contribution is -2.47. The second-order valence-electron chi connectivity index (χ2n) is 7.18. The van der Waals surface area contributed by atoms with Crippen LogP contribution in [0.2, 0.25) is 0 Å². The Kier molecular flexibility index (Phi) is 9.84. The van der Waals surface area contributed by atoms with Crippen molar-refractivity contribution in [2.75, 3.05) is 0 Å². The summed E-state index contributed by atoms with van der Waals surface area (Å²) in [6, 6.07) is 9.89. The van der Waals surface area contributed by atoms with E-state index in [0.29, 0.717) is 12.3 Å². The number of carbonyl (C=O) groups excluding carboxylic acids is 1. The van der Waals surface area contributed by atoms with E-state index in [-0.39, 0.29) is 36.8 Å². The molecular formula is C20H30Cl2N4O. The molecule has 27 heavy (non-hydrogen) atoms. The van der Waals surface area contributed by atoms with Crippen LogP contribution in [-0.2, 0) is 17.8 Å². The topological polar surface area (TPSA) is 72.9 Å². The van der Waals surface area contributed by atoms with Crippen LogP contribution in [0.5, 0.6) is 0 Å². The number of nitrogens with one attached hydrogen (secondary N) is 1. The highest BCUT2D eigenvalue weighted by Crippen LogP contribution is 2.27. The van der Waals surface area contributed by atoms with Crippen LogP contribution in [0.4, 0.5) is 0 Å². The fourth-order valence-corrected chi connectivity index (χ4v) is 3.62. The first-order valence-electron chi connectivity index (χ1n) is 9.22. The van der Waals surface area contributed by atoms with Crippen LogP contribution in [0, 0.1) is 5.92 Å². The van der Waals surface area contributed by atoms with Gasteiger partial charge in [0.15, 0.2) is 0 Å². The maximum absolute atomic E-state index is 12.3. The van der Waals surface area contributed by atoms with Crippen LogP contribution in [-0.4, -0.2) is 27.5 Å². The second kappa shape index (κ2) is 11.3. The maximum Gasteiger partial charge on any atom is 0.237 e. The minimum absolute atomic E-state index is 0. The molecule has 1 saturated carbocycles. The zero-order chi connectivity index (χ0) is 17.6. The molecule has 7 heteroatoms. The normalized spacial score (nSPS) is 16.1. The highest BCUT2D eigenvalue weighted by molar-refractivity contribution is 5.85. The Bertz CT molecular complexity index is 686. The summed E-state index contributed by atoms with van der Waals surface area (Å²) in [7, 11) is 0. The Balaban J connectivity index is 0.00000182. The quantitative estimate of drug-likeness (QED) is 0.731. The SMILES string of the molecule is CC(NC(=O)[C@@H](N)Cc1cn(Cc2ccccc2)cn1)C1CCCC1.Cl.Cl. The minimum atomic E-state index is -0.552. The van der Waals surface area contributed by atoms with Crippen molar-refractivity contribution in [3.05, 3.63) is 54.1 Å². The molecule has 1 aliphatic rings. The Labute approximate surface area is 173 Å². The van der Waals surface area contributed by atoms with Gasteiger partial charge in [-0.25, -0.2) is 4.98 Å². The smallest absolute Gasteiger partial charge is 0.237 e. The summed E-state index contributed by atoms with van der Waals surface area (Å²) in [5, 5.41) is 3.09. The van der Waals surface area contributed by atoms with Gasteiger partial charge < -0.3 is 15.6 Å². The number of hydrogen-bond acceptors (Lipinski definition) is 3. The number of hydrogen-bond donors (Lipinski definition) is 2. The molecule has 0 bridgehead atoms. The summed E-state index contributed by atoms with van der Waals surface area (Å²) >= 11 is 0. The minimum Gasteiger partial charge on any atom is -0.352 e. The van der Waals surface area contributed by atoms with Gasteiger partial charge in [0, 0.05) is 25.2 Å².